The molecule has 7 heteroatoms. The van der Waals surface area contributed by atoms with Crippen LogP contribution in [0.15, 0.2) is 34.9 Å². The first-order valence-electron chi connectivity index (χ1n) is 7.53. The molecule has 1 saturated heterocycles. The van der Waals surface area contributed by atoms with E-state index in [0.717, 1.165) is 48.5 Å². The highest BCUT2D eigenvalue weighted by Crippen LogP contribution is 2.19. The molecule has 1 aliphatic heterocycles. The van der Waals surface area contributed by atoms with Gasteiger partial charge in [-0.3, -0.25) is 4.79 Å². The van der Waals surface area contributed by atoms with Crippen molar-refractivity contribution in [1.82, 2.24) is 20.0 Å². The van der Waals surface area contributed by atoms with Crippen molar-refractivity contribution in [3.05, 3.63) is 46.2 Å². The highest BCUT2D eigenvalue weighted by molar-refractivity contribution is 9.10. The summed E-state index contributed by atoms with van der Waals surface area (Å²) in [4.78, 5) is 14.6. The lowest BCUT2D eigenvalue weighted by molar-refractivity contribution is 0.0734. The summed E-state index contributed by atoms with van der Waals surface area (Å²) in [5.41, 5.74) is 2.65. The van der Waals surface area contributed by atoms with Gasteiger partial charge in [0.25, 0.3) is 5.91 Å². The summed E-state index contributed by atoms with van der Waals surface area (Å²) >= 11 is 3.44. The van der Waals surface area contributed by atoms with E-state index in [0.29, 0.717) is 5.56 Å². The molecule has 0 radical (unpaired) electrons. The second-order valence-electron chi connectivity index (χ2n) is 5.29. The molecule has 2 aromatic rings. The topological polar surface area (TPSA) is 50.2 Å². The largest absolute Gasteiger partial charge is 0.336 e. The predicted molar refractivity (Wildman–Crippen MR) is 96.7 cm³/mol. The summed E-state index contributed by atoms with van der Waals surface area (Å²) in [6, 6.07) is 7.95. The second kappa shape index (κ2) is 7.95. The Kier molecular flexibility index (Phi) is 6.21. The van der Waals surface area contributed by atoms with Crippen molar-refractivity contribution in [1.29, 1.82) is 0 Å². The van der Waals surface area contributed by atoms with Crippen LogP contribution in [-0.2, 0) is 6.42 Å². The Balaban J connectivity index is 0.00000192. The molecule has 23 heavy (non-hydrogen) atoms. The van der Waals surface area contributed by atoms with E-state index in [9.17, 15) is 4.79 Å². The molecule has 1 aromatic heterocycles. The Hall–Kier alpha value is -1.37. The zero-order valence-electron chi connectivity index (χ0n) is 13.0. The molecule has 1 amide bonds. The number of nitrogens with one attached hydrogen (secondary N) is 1. The number of hydrogen-bond acceptors (Lipinski definition) is 3. The van der Waals surface area contributed by atoms with E-state index in [-0.39, 0.29) is 18.3 Å². The molecule has 3 rings (SSSR count). The fourth-order valence-corrected chi connectivity index (χ4v) is 3.00. The Labute approximate surface area is 150 Å². The molecule has 0 bridgehead atoms. The van der Waals surface area contributed by atoms with Gasteiger partial charge in [0.1, 0.15) is 0 Å². The van der Waals surface area contributed by atoms with E-state index >= 15 is 0 Å². The molecule has 1 N–H and O–H groups in total. The van der Waals surface area contributed by atoms with Crippen molar-refractivity contribution in [2.24, 2.45) is 0 Å². The van der Waals surface area contributed by atoms with Crippen LogP contribution in [0.25, 0.3) is 5.69 Å². The zero-order valence-corrected chi connectivity index (χ0v) is 15.4. The number of benzene rings is 1. The average Bonchev–Trinajstić information content (AvgIpc) is 2.99. The predicted octanol–water partition coefficient (Wildman–Crippen LogP) is 2.66. The summed E-state index contributed by atoms with van der Waals surface area (Å²) < 4.78 is 2.89. The number of amides is 1. The third-order valence-corrected chi connectivity index (χ3v) is 4.44. The fraction of sp³-hybridized carbons (Fsp3) is 0.375. The smallest absolute Gasteiger partial charge is 0.257 e. The highest BCUT2D eigenvalue weighted by Gasteiger charge is 2.23. The normalized spacial score (nSPS) is 14.4. The van der Waals surface area contributed by atoms with Crippen molar-refractivity contribution in [2.45, 2.75) is 13.3 Å². The minimum Gasteiger partial charge on any atom is -0.336 e. The molecular weight excluding hydrogens is 380 g/mol. The fourth-order valence-electron chi connectivity index (χ4n) is 2.74. The molecule has 1 aliphatic rings. The van der Waals surface area contributed by atoms with Gasteiger partial charge in [-0.1, -0.05) is 22.9 Å². The molecule has 0 unspecified atom stereocenters. The maximum atomic E-state index is 12.7. The van der Waals surface area contributed by atoms with Gasteiger partial charge in [0, 0.05) is 30.7 Å². The second-order valence-corrected chi connectivity index (χ2v) is 6.20. The molecular formula is C16H20BrClN4O. The quantitative estimate of drug-likeness (QED) is 0.863. The molecule has 0 aliphatic carbocycles. The lowest BCUT2D eigenvalue weighted by Gasteiger charge is -2.27. The maximum absolute atomic E-state index is 12.7. The monoisotopic (exact) mass is 398 g/mol. The van der Waals surface area contributed by atoms with Crippen LogP contribution in [0.4, 0.5) is 0 Å². The lowest BCUT2D eigenvalue weighted by Crippen LogP contribution is -2.46. The number of piperazine rings is 1. The van der Waals surface area contributed by atoms with Crippen LogP contribution < -0.4 is 5.32 Å². The van der Waals surface area contributed by atoms with Crippen molar-refractivity contribution in [3.8, 4) is 5.69 Å². The third-order valence-electron chi connectivity index (χ3n) is 3.91. The number of carbonyl (C=O) groups excluding carboxylic acids is 1. The highest BCUT2D eigenvalue weighted by atomic mass is 79.9. The van der Waals surface area contributed by atoms with Crippen molar-refractivity contribution < 1.29 is 4.79 Å². The van der Waals surface area contributed by atoms with Gasteiger partial charge in [0.05, 0.1) is 23.1 Å². The first kappa shape index (κ1) is 18.0. The van der Waals surface area contributed by atoms with Gasteiger partial charge >= 0.3 is 0 Å². The molecule has 124 valence electrons. The Morgan fingerprint density at radius 2 is 1.91 bits per heavy atom. The molecule has 1 fully saturated rings. The minimum absolute atomic E-state index is 0. The first-order chi connectivity index (χ1) is 10.7. The van der Waals surface area contributed by atoms with E-state index in [1.54, 1.807) is 6.20 Å². The third kappa shape index (κ3) is 3.76. The van der Waals surface area contributed by atoms with Gasteiger partial charge in [-0.05, 0) is 30.7 Å². The van der Waals surface area contributed by atoms with Crippen molar-refractivity contribution in [2.75, 3.05) is 26.2 Å². The standard InChI is InChI=1S/C16H19BrN4O.ClH/c1-2-15-14(16(22)20-9-7-18-8-10-20)11-19-21(15)13-5-3-12(17)4-6-13;/h3-6,11,18H,2,7-10H2,1H3;1H. The SMILES string of the molecule is CCc1c(C(=O)N2CCNCC2)cnn1-c1ccc(Br)cc1.Cl. The van der Waals surface area contributed by atoms with Crippen LogP contribution in [0.2, 0.25) is 0 Å². The first-order valence-corrected chi connectivity index (χ1v) is 8.33. The summed E-state index contributed by atoms with van der Waals surface area (Å²) in [6.45, 7) is 5.28. The minimum atomic E-state index is 0. The number of carbonyl (C=O) groups is 1. The Morgan fingerprint density at radius 1 is 1.26 bits per heavy atom. The van der Waals surface area contributed by atoms with E-state index in [2.05, 4.69) is 33.3 Å². The summed E-state index contributed by atoms with van der Waals surface area (Å²) in [6.07, 6.45) is 2.47. The van der Waals surface area contributed by atoms with Crippen LogP contribution in [0.1, 0.15) is 23.0 Å². The summed E-state index contributed by atoms with van der Waals surface area (Å²) in [7, 11) is 0. The Bertz CT molecular complexity index is 665. The van der Waals surface area contributed by atoms with Gasteiger partial charge in [0.2, 0.25) is 0 Å². The van der Waals surface area contributed by atoms with Crippen molar-refractivity contribution in [3.63, 3.8) is 0 Å². The maximum Gasteiger partial charge on any atom is 0.257 e. The molecule has 0 spiro atoms. The number of hydrogen-bond donors (Lipinski definition) is 1. The van der Waals surface area contributed by atoms with E-state index in [4.69, 9.17) is 0 Å². The molecule has 0 atom stereocenters. The number of halogens is 2. The number of nitrogens with zero attached hydrogens (tertiary/aromatic N) is 3. The van der Waals surface area contributed by atoms with Crippen molar-refractivity contribution >= 4 is 34.2 Å². The average molecular weight is 400 g/mol. The zero-order chi connectivity index (χ0) is 15.5. The van der Waals surface area contributed by atoms with E-state index in [1.165, 1.54) is 0 Å². The van der Waals surface area contributed by atoms with Gasteiger partial charge in [-0.15, -0.1) is 12.4 Å². The Morgan fingerprint density at radius 3 is 2.52 bits per heavy atom. The van der Waals surface area contributed by atoms with Gasteiger partial charge < -0.3 is 10.2 Å². The molecule has 0 saturated carbocycles. The number of aromatic nitrogens is 2. The van der Waals surface area contributed by atoms with Crippen LogP contribution >= 0.6 is 28.3 Å². The summed E-state index contributed by atoms with van der Waals surface area (Å²) in [5, 5.41) is 7.71. The van der Waals surface area contributed by atoms with E-state index in [1.807, 2.05) is 33.8 Å². The van der Waals surface area contributed by atoms with Crippen LogP contribution in [0.3, 0.4) is 0 Å². The molecule has 2 heterocycles. The molecule has 5 nitrogen and oxygen atoms in total. The number of rotatable bonds is 3. The van der Waals surface area contributed by atoms with Gasteiger partial charge in [0.15, 0.2) is 0 Å². The molecule has 1 aromatic carbocycles. The van der Waals surface area contributed by atoms with Gasteiger partial charge in [-0.2, -0.15) is 5.10 Å². The van der Waals surface area contributed by atoms with E-state index < -0.39 is 0 Å². The van der Waals surface area contributed by atoms with Crippen LogP contribution in [0.5, 0.6) is 0 Å². The summed E-state index contributed by atoms with van der Waals surface area (Å²) in [5.74, 6) is 0.0849. The van der Waals surface area contributed by atoms with Crippen LogP contribution in [0, 0.1) is 0 Å². The lowest BCUT2D eigenvalue weighted by atomic mass is 10.1. The van der Waals surface area contributed by atoms with Gasteiger partial charge in [-0.25, -0.2) is 4.68 Å². The van der Waals surface area contributed by atoms with Crippen LogP contribution in [-0.4, -0.2) is 46.8 Å².